The molecule has 2 aromatic rings. The smallest absolute Gasteiger partial charge is 0.257 e. The molecule has 1 aromatic heterocycles. The van der Waals surface area contributed by atoms with Crippen LogP contribution < -0.4 is 4.74 Å². The van der Waals surface area contributed by atoms with Gasteiger partial charge in [-0.2, -0.15) is 0 Å². The van der Waals surface area contributed by atoms with Gasteiger partial charge in [-0.3, -0.25) is 9.59 Å². The van der Waals surface area contributed by atoms with Crippen LogP contribution in [0.2, 0.25) is 0 Å². The van der Waals surface area contributed by atoms with Crippen molar-refractivity contribution in [3.63, 3.8) is 0 Å². The molecule has 0 atom stereocenters. The van der Waals surface area contributed by atoms with Gasteiger partial charge < -0.3 is 19.0 Å². The van der Waals surface area contributed by atoms with E-state index in [2.05, 4.69) is 0 Å². The van der Waals surface area contributed by atoms with Crippen molar-refractivity contribution in [2.45, 2.75) is 12.8 Å². The van der Waals surface area contributed by atoms with Crippen molar-refractivity contribution in [2.24, 2.45) is 0 Å². The molecule has 0 aliphatic carbocycles. The fraction of sp³-hybridized carbons (Fsp3) is 0.368. The van der Waals surface area contributed by atoms with E-state index in [0.717, 1.165) is 5.75 Å². The average molecular weight is 342 g/mol. The van der Waals surface area contributed by atoms with Crippen LogP contribution in [0.4, 0.5) is 0 Å². The Kier molecular flexibility index (Phi) is 5.72. The molecular weight excluding hydrogens is 320 g/mol. The molecule has 0 saturated carbocycles. The fourth-order valence-electron chi connectivity index (χ4n) is 2.82. The molecule has 1 saturated heterocycles. The number of rotatable bonds is 6. The van der Waals surface area contributed by atoms with Crippen molar-refractivity contribution in [3.8, 4) is 5.75 Å². The number of hydrogen-bond donors (Lipinski definition) is 0. The Labute approximate surface area is 147 Å². The maximum atomic E-state index is 12.3. The number of carbonyl (C=O) groups is 2. The lowest BCUT2D eigenvalue weighted by molar-refractivity contribution is -0.132. The van der Waals surface area contributed by atoms with Crippen molar-refractivity contribution in [1.29, 1.82) is 0 Å². The van der Waals surface area contributed by atoms with Gasteiger partial charge in [0, 0.05) is 32.6 Å². The maximum Gasteiger partial charge on any atom is 0.257 e. The van der Waals surface area contributed by atoms with Crippen molar-refractivity contribution < 1.29 is 18.7 Å². The Morgan fingerprint density at radius 2 is 1.72 bits per heavy atom. The molecule has 0 spiro atoms. The highest BCUT2D eigenvalue weighted by Crippen LogP contribution is 2.12. The Hall–Kier alpha value is -2.76. The van der Waals surface area contributed by atoms with Gasteiger partial charge in [0.05, 0.1) is 18.4 Å². The molecule has 6 heteroatoms. The van der Waals surface area contributed by atoms with Gasteiger partial charge in [0.25, 0.3) is 5.91 Å². The zero-order chi connectivity index (χ0) is 17.5. The van der Waals surface area contributed by atoms with Crippen molar-refractivity contribution in [2.75, 3.05) is 32.8 Å². The molecule has 0 N–H and O–H groups in total. The normalized spacial score (nSPS) is 14.4. The zero-order valence-corrected chi connectivity index (χ0v) is 14.1. The van der Waals surface area contributed by atoms with E-state index in [1.54, 1.807) is 11.0 Å². The number of amides is 2. The number of furan rings is 1. The molecule has 0 radical (unpaired) electrons. The number of piperazine rings is 1. The third-order valence-electron chi connectivity index (χ3n) is 4.23. The Morgan fingerprint density at radius 1 is 1.00 bits per heavy atom. The molecule has 0 bridgehead atoms. The second kappa shape index (κ2) is 8.37. The van der Waals surface area contributed by atoms with Crippen LogP contribution >= 0.6 is 0 Å². The Morgan fingerprint density at radius 3 is 2.40 bits per heavy atom. The van der Waals surface area contributed by atoms with Crippen molar-refractivity contribution in [1.82, 2.24) is 9.80 Å². The monoisotopic (exact) mass is 342 g/mol. The molecule has 1 aliphatic rings. The third-order valence-corrected chi connectivity index (χ3v) is 4.23. The van der Waals surface area contributed by atoms with Gasteiger partial charge >= 0.3 is 0 Å². The SMILES string of the molecule is O=C(CCCOc1ccccc1)N1CCN(C(=O)c2ccoc2)CC1. The molecule has 25 heavy (non-hydrogen) atoms. The van der Waals surface area contributed by atoms with Gasteiger partial charge in [-0.15, -0.1) is 0 Å². The summed E-state index contributed by atoms with van der Waals surface area (Å²) < 4.78 is 10.5. The van der Waals surface area contributed by atoms with Crippen LogP contribution in [0.3, 0.4) is 0 Å². The molecule has 132 valence electrons. The third kappa shape index (κ3) is 4.62. The van der Waals surface area contributed by atoms with Crippen LogP contribution in [0.1, 0.15) is 23.2 Å². The molecule has 2 amide bonds. The molecular formula is C19H22N2O4. The van der Waals surface area contributed by atoms with Crippen LogP contribution in [0.15, 0.2) is 53.3 Å². The second-order valence-electron chi connectivity index (χ2n) is 5.95. The van der Waals surface area contributed by atoms with E-state index in [9.17, 15) is 9.59 Å². The van der Waals surface area contributed by atoms with Crippen molar-refractivity contribution in [3.05, 3.63) is 54.5 Å². The molecule has 1 aliphatic heterocycles. The quantitative estimate of drug-likeness (QED) is 0.757. The summed E-state index contributed by atoms with van der Waals surface area (Å²) in [5.41, 5.74) is 0.554. The number of ether oxygens (including phenoxy) is 1. The van der Waals surface area contributed by atoms with Gasteiger partial charge in [0.15, 0.2) is 0 Å². The topological polar surface area (TPSA) is 63.0 Å². The summed E-state index contributed by atoms with van der Waals surface area (Å²) in [7, 11) is 0. The lowest BCUT2D eigenvalue weighted by atomic mass is 10.2. The van der Waals surface area contributed by atoms with Gasteiger partial charge in [0.2, 0.25) is 5.91 Å². The minimum Gasteiger partial charge on any atom is -0.494 e. The zero-order valence-electron chi connectivity index (χ0n) is 14.1. The minimum atomic E-state index is -0.0443. The average Bonchev–Trinajstić information content (AvgIpc) is 3.20. The molecule has 1 fully saturated rings. The number of para-hydroxylation sites is 1. The lowest BCUT2D eigenvalue weighted by Gasteiger charge is -2.34. The van der Waals surface area contributed by atoms with E-state index >= 15 is 0 Å². The molecule has 2 heterocycles. The van der Waals surface area contributed by atoms with Gasteiger partial charge in [-0.05, 0) is 24.6 Å². The first-order valence-corrected chi connectivity index (χ1v) is 8.51. The van der Waals surface area contributed by atoms with Crippen LogP contribution in [-0.2, 0) is 4.79 Å². The molecule has 3 rings (SSSR count). The summed E-state index contributed by atoms with van der Waals surface area (Å²) in [4.78, 5) is 28.1. The van der Waals surface area contributed by atoms with Crippen LogP contribution in [-0.4, -0.2) is 54.4 Å². The minimum absolute atomic E-state index is 0.0443. The summed E-state index contributed by atoms with van der Waals surface area (Å²) in [6.45, 7) is 2.77. The standard InChI is InChI=1S/C19H22N2O4/c22-18(7-4-13-25-17-5-2-1-3-6-17)20-9-11-21(12-10-20)19(23)16-8-14-24-15-16/h1-3,5-6,8,14-15H,4,7,9-13H2. The summed E-state index contributed by atoms with van der Waals surface area (Å²) in [6.07, 6.45) is 4.08. The van der Waals surface area contributed by atoms with E-state index in [1.165, 1.54) is 12.5 Å². The van der Waals surface area contributed by atoms with E-state index in [0.29, 0.717) is 51.2 Å². The largest absolute Gasteiger partial charge is 0.494 e. The van der Waals surface area contributed by atoms with Crippen LogP contribution in [0.25, 0.3) is 0 Å². The first kappa shape index (κ1) is 17.1. The summed E-state index contributed by atoms with van der Waals surface area (Å²) >= 11 is 0. The second-order valence-corrected chi connectivity index (χ2v) is 5.95. The predicted molar refractivity (Wildman–Crippen MR) is 92.4 cm³/mol. The highest BCUT2D eigenvalue weighted by Gasteiger charge is 2.24. The van der Waals surface area contributed by atoms with E-state index in [-0.39, 0.29) is 11.8 Å². The summed E-state index contributed by atoms with van der Waals surface area (Å²) in [6, 6.07) is 11.2. The molecule has 1 aromatic carbocycles. The first-order chi connectivity index (χ1) is 12.2. The number of carbonyl (C=O) groups excluding carboxylic acids is 2. The van der Waals surface area contributed by atoms with Gasteiger partial charge in [0.1, 0.15) is 12.0 Å². The molecule has 6 nitrogen and oxygen atoms in total. The van der Waals surface area contributed by atoms with E-state index in [4.69, 9.17) is 9.15 Å². The number of hydrogen-bond acceptors (Lipinski definition) is 4. The Bertz CT molecular complexity index is 677. The van der Waals surface area contributed by atoms with Gasteiger partial charge in [-0.1, -0.05) is 18.2 Å². The lowest BCUT2D eigenvalue weighted by Crippen LogP contribution is -2.50. The predicted octanol–water partition coefficient (Wildman–Crippen LogP) is 2.42. The number of nitrogens with zero attached hydrogens (tertiary/aromatic N) is 2. The fourth-order valence-corrected chi connectivity index (χ4v) is 2.82. The van der Waals surface area contributed by atoms with E-state index in [1.807, 2.05) is 35.2 Å². The Balaban J connectivity index is 1.36. The highest BCUT2D eigenvalue weighted by atomic mass is 16.5. The summed E-state index contributed by atoms with van der Waals surface area (Å²) in [5.74, 6) is 0.894. The van der Waals surface area contributed by atoms with Crippen LogP contribution in [0.5, 0.6) is 5.75 Å². The van der Waals surface area contributed by atoms with Crippen LogP contribution in [0, 0.1) is 0 Å². The molecule has 0 unspecified atom stereocenters. The first-order valence-electron chi connectivity index (χ1n) is 8.51. The number of benzene rings is 1. The van der Waals surface area contributed by atoms with Crippen molar-refractivity contribution >= 4 is 11.8 Å². The highest BCUT2D eigenvalue weighted by molar-refractivity contribution is 5.94. The maximum absolute atomic E-state index is 12.3. The van der Waals surface area contributed by atoms with Gasteiger partial charge in [-0.25, -0.2) is 0 Å². The summed E-state index contributed by atoms with van der Waals surface area (Å²) in [5, 5.41) is 0. The van der Waals surface area contributed by atoms with E-state index < -0.39 is 0 Å².